The van der Waals surface area contributed by atoms with Crippen molar-refractivity contribution in [2.75, 3.05) is 26.2 Å². The first-order valence-electron chi connectivity index (χ1n) is 5.57. The number of nitrogens with one attached hydrogen (secondary N) is 1. The Morgan fingerprint density at radius 1 is 1.18 bits per heavy atom. The minimum Gasteiger partial charge on any atom is -0.303 e. The van der Waals surface area contributed by atoms with E-state index in [1.807, 2.05) is 18.7 Å². The summed E-state index contributed by atoms with van der Waals surface area (Å²) in [4.78, 5) is 23.9. The molecular formula is C10H20N2O4S. The lowest BCUT2D eigenvalue weighted by Crippen LogP contribution is -2.38. The monoisotopic (exact) mass is 264 g/mol. The molecule has 0 radical (unpaired) electrons. The summed E-state index contributed by atoms with van der Waals surface area (Å²) >= 11 is 0. The lowest BCUT2D eigenvalue weighted by atomic mass is 10.3. The highest BCUT2D eigenvalue weighted by Crippen LogP contribution is 1.94. The van der Waals surface area contributed by atoms with Crippen molar-refractivity contribution in [2.45, 2.75) is 27.2 Å². The third-order valence-electron chi connectivity index (χ3n) is 2.31. The molecule has 0 saturated carbocycles. The van der Waals surface area contributed by atoms with Gasteiger partial charge in [-0.1, -0.05) is 13.8 Å². The molecule has 0 aromatic heterocycles. The summed E-state index contributed by atoms with van der Waals surface area (Å²) in [6.07, 6.45) is -0.569. The quantitative estimate of drug-likeness (QED) is 0.611. The Morgan fingerprint density at radius 3 is 2.12 bits per heavy atom. The fraction of sp³-hybridized carbons (Fsp3) is 0.800. The second-order valence-corrected chi connectivity index (χ2v) is 5.43. The highest BCUT2D eigenvalue weighted by molar-refractivity contribution is 8.04. The van der Waals surface area contributed by atoms with Crippen molar-refractivity contribution >= 4 is 20.9 Å². The van der Waals surface area contributed by atoms with Gasteiger partial charge in [-0.3, -0.25) is 9.59 Å². The van der Waals surface area contributed by atoms with Crippen LogP contribution in [-0.4, -0.2) is 50.4 Å². The molecule has 0 amide bonds. The van der Waals surface area contributed by atoms with Gasteiger partial charge in [0.2, 0.25) is 0 Å². The van der Waals surface area contributed by atoms with Gasteiger partial charge < -0.3 is 4.90 Å². The summed E-state index contributed by atoms with van der Waals surface area (Å²) in [7, 11) is -4.00. The summed E-state index contributed by atoms with van der Waals surface area (Å²) < 4.78 is 25.0. The minimum atomic E-state index is -4.00. The molecule has 0 aliphatic heterocycles. The lowest BCUT2D eigenvalue weighted by molar-refractivity contribution is -0.122. The van der Waals surface area contributed by atoms with Gasteiger partial charge in [0.1, 0.15) is 5.78 Å². The summed E-state index contributed by atoms with van der Waals surface area (Å²) in [5, 5.41) is -1.07. The number of carbonyl (C=O) groups excluding carboxylic acids is 2. The van der Waals surface area contributed by atoms with Gasteiger partial charge in [0.05, 0.1) is 6.42 Å². The predicted octanol–water partition coefficient (Wildman–Crippen LogP) is -0.247. The molecule has 7 heteroatoms. The van der Waals surface area contributed by atoms with E-state index in [-0.39, 0.29) is 6.54 Å². The van der Waals surface area contributed by atoms with Crippen molar-refractivity contribution in [3.8, 4) is 0 Å². The van der Waals surface area contributed by atoms with E-state index < -0.39 is 27.3 Å². The first-order chi connectivity index (χ1) is 7.83. The van der Waals surface area contributed by atoms with Gasteiger partial charge >= 0.3 is 0 Å². The largest absolute Gasteiger partial charge is 0.303 e. The Balaban J connectivity index is 4.19. The van der Waals surface area contributed by atoms with Crippen LogP contribution in [0, 0.1) is 0 Å². The van der Waals surface area contributed by atoms with Gasteiger partial charge in [-0.15, -0.1) is 0 Å². The Hall–Kier alpha value is -0.790. The van der Waals surface area contributed by atoms with E-state index >= 15 is 0 Å². The molecule has 0 spiro atoms. The summed E-state index contributed by atoms with van der Waals surface area (Å²) in [5.41, 5.74) is 0. The molecule has 0 unspecified atom stereocenters. The van der Waals surface area contributed by atoms with Gasteiger partial charge in [0.25, 0.3) is 15.1 Å². The lowest BCUT2D eigenvalue weighted by Gasteiger charge is -2.17. The molecule has 0 heterocycles. The number of hydrogen-bond donors (Lipinski definition) is 1. The molecule has 0 rings (SSSR count). The summed E-state index contributed by atoms with van der Waals surface area (Å²) in [5.74, 6) is -0.455. The Labute approximate surface area is 102 Å². The van der Waals surface area contributed by atoms with Gasteiger partial charge in [0, 0.05) is 13.1 Å². The van der Waals surface area contributed by atoms with Crippen LogP contribution in [0.3, 0.4) is 0 Å². The van der Waals surface area contributed by atoms with Crippen LogP contribution in [0.25, 0.3) is 0 Å². The van der Waals surface area contributed by atoms with E-state index in [0.29, 0.717) is 6.54 Å². The van der Waals surface area contributed by atoms with E-state index in [1.54, 1.807) is 0 Å². The highest BCUT2D eigenvalue weighted by atomic mass is 32.2. The molecule has 17 heavy (non-hydrogen) atoms. The van der Waals surface area contributed by atoms with Crippen molar-refractivity contribution in [3.63, 3.8) is 0 Å². The standard InChI is InChI=1S/C10H20N2O4S/c1-4-12(5-2)7-6-11-17(15,16)10(14)8-9(3)13/h11H,4-8H2,1-3H3. The zero-order chi connectivity index (χ0) is 13.5. The fourth-order valence-corrected chi connectivity index (χ4v) is 2.17. The molecule has 1 N–H and O–H groups in total. The number of rotatable bonds is 8. The smallest absolute Gasteiger partial charge is 0.274 e. The van der Waals surface area contributed by atoms with E-state index in [0.717, 1.165) is 13.1 Å². The average molecular weight is 264 g/mol. The van der Waals surface area contributed by atoms with E-state index in [4.69, 9.17) is 0 Å². The Bertz CT molecular complexity index is 361. The molecule has 0 fully saturated rings. The average Bonchev–Trinajstić information content (AvgIpc) is 2.23. The third-order valence-corrected chi connectivity index (χ3v) is 3.64. The number of carbonyl (C=O) groups is 2. The molecule has 0 aliphatic carbocycles. The maximum absolute atomic E-state index is 11.4. The first-order valence-corrected chi connectivity index (χ1v) is 7.06. The second kappa shape index (κ2) is 7.52. The van der Waals surface area contributed by atoms with Crippen molar-refractivity contribution < 1.29 is 18.0 Å². The predicted molar refractivity (Wildman–Crippen MR) is 65.0 cm³/mol. The molecule has 0 aromatic carbocycles. The van der Waals surface area contributed by atoms with Crippen molar-refractivity contribution in [3.05, 3.63) is 0 Å². The van der Waals surface area contributed by atoms with Gasteiger partial charge in [-0.2, -0.15) is 0 Å². The molecule has 0 aliphatic rings. The van der Waals surface area contributed by atoms with E-state index in [9.17, 15) is 18.0 Å². The van der Waals surface area contributed by atoms with Crippen LogP contribution in [0.2, 0.25) is 0 Å². The van der Waals surface area contributed by atoms with Gasteiger partial charge in [-0.05, 0) is 20.0 Å². The Kier molecular flexibility index (Phi) is 7.17. The fourth-order valence-electron chi connectivity index (χ4n) is 1.26. The molecule has 100 valence electrons. The van der Waals surface area contributed by atoms with Crippen LogP contribution in [-0.2, 0) is 19.6 Å². The normalized spacial score (nSPS) is 11.8. The molecular weight excluding hydrogens is 244 g/mol. The van der Waals surface area contributed by atoms with E-state index in [2.05, 4.69) is 4.72 Å². The van der Waals surface area contributed by atoms with Crippen LogP contribution in [0.15, 0.2) is 0 Å². The summed E-state index contributed by atoms with van der Waals surface area (Å²) in [6.45, 7) is 7.48. The maximum Gasteiger partial charge on any atom is 0.274 e. The van der Waals surface area contributed by atoms with Crippen LogP contribution in [0.4, 0.5) is 0 Å². The van der Waals surface area contributed by atoms with Crippen molar-refractivity contribution in [2.24, 2.45) is 0 Å². The molecule has 0 saturated heterocycles. The number of nitrogens with zero attached hydrogens (tertiary/aromatic N) is 1. The highest BCUT2D eigenvalue weighted by Gasteiger charge is 2.22. The van der Waals surface area contributed by atoms with Crippen molar-refractivity contribution in [1.82, 2.24) is 9.62 Å². The van der Waals surface area contributed by atoms with Crippen LogP contribution < -0.4 is 4.72 Å². The zero-order valence-electron chi connectivity index (χ0n) is 10.5. The van der Waals surface area contributed by atoms with Crippen LogP contribution in [0.1, 0.15) is 27.2 Å². The number of ketones is 1. The third kappa shape index (κ3) is 6.50. The van der Waals surface area contributed by atoms with Gasteiger partial charge in [-0.25, -0.2) is 13.1 Å². The minimum absolute atomic E-state index is 0.174. The van der Waals surface area contributed by atoms with Gasteiger partial charge in [0.15, 0.2) is 0 Å². The number of likely N-dealkylation sites (N-methyl/N-ethyl adjacent to an activating group) is 1. The van der Waals surface area contributed by atoms with Crippen molar-refractivity contribution in [1.29, 1.82) is 0 Å². The van der Waals surface area contributed by atoms with E-state index in [1.165, 1.54) is 6.92 Å². The molecule has 0 aromatic rings. The summed E-state index contributed by atoms with van der Waals surface area (Å²) in [6, 6.07) is 0. The topological polar surface area (TPSA) is 83.6 Å². The zero-order valence-corrected chi connectivity index (χ0v) is 11.3. The number of Topliss-reactive ketones (excluding diaryl/α,β-unsaturated/α-hetero) is 1. The first kappa shape index (κ1) is 16.2. The molecule has 0 bridgehead atoms. The number of hydrogen-bond acceptors (Lipinski definition) is 5. The molecule has 0 atom stereocenters. The maximum atomic E-state index is 11.4. The van der Waals surface area contributed by atoms with Crippen LogP contribution in [0.5, 0.6) is 0 Å². The number of sulfonamides is 1. The van der Waals surface area contributed by atoms with Crippen LogP contribution >= 0.6 is 0 Å². The molecule has 6 nitrogen and oxygen atoms in total. The Morgan fingerprint density at radius 2 is 1.71 bits per heavy atom. The second-order valence-electron chi connectivity index (χ2n) is 3.68. The SMILES string of the molecule is CCN(CC)CCNS(=O)(=O)C(=O)CC(C)=O.